The topological polar surface area (TPSA) is 17.1 Å². The van der Waals surface area contributed by atoms with E-state index in [4.69, 9.17) is 0 Å². The number of carbonyl (C=O) groups excluding carboxylic acids is 1. The number of benzene rings is 1. The highest BCUT2D eigenvalue weighted by Gasteiger charge is 2.26. The van der Waals surface area contributed by atoms with Gasteiger partial charge in [-0.25, -0.2) is 8.78 Å². The Hall–Kier alpha value is -1.25. The molecule has 0 saturated heterocycles. The van der Waals surface area contributed by atoms with Gasteiger partial charge in [0.1, 0.15) is 0 Å². The highest BCUT2D eigenvalue weighted by molar-refractivity contribution is 5.98. The molecule has 0 radical (unpaired) electrons. The molecule has 0 bridgehead atoms. The summed E-state index contributed by atoms with van der Waals surface area (Å²) < 4.78 is 25.4. The van der Waals surface area contributed by atoms with Crippen LogP contribution in [0.1, 0.15) is 29.6 Å². The Balaban J connectivity index is 2.23. The van der Waals surface area contributed by atoms with E-state index in [-0.39, 0.29) is 17.3 Å². The van der Waals surface area contributed by atoms with Crippen LogP contribution in [0, 0.1) is 17.6 Å². The van der Waals surface area contributed by atoms with Gasteiger partial charge in [-0.1, -0.05) is 6.42 Å². The van der Waals surface area contributed by atoms with E-state index in [1.54, 1.807) is 0 Å². The van der Waals surface area contributed by atoms with Crippen molar-refractivity contribution in [2.75, 3.05) is 0 Å². The standard InChI is InChI=1S/C11H10F2O/c12-9-5-4-8(6-10(9)13)11(14)7-2-1-3-7/h4-7H,1-3H2. The number of rotatable bonds is 2. The van der Waals surface area contributed by atoms with E-state index in [2.05, 4.69) is 0 Å². The quantitative estimate of drug-likeness (QED) is 0.664. The van der Waals surface area contributed by atoms with Crippen molar-refractivity contribution < 1.29 is 13.6 Å². The summed E-state index contributed by atoms with van der Waals surface area (Å²) in [5, 5.41) is 0. The summed E-state index contributed by atoms with van der Waals surface area (Å²) in [6, 6.07) is 3.33. The number of hydrogen-bond donors (Lipinski definition) is 0. The number of carbonyl (C=O) groups is 1. The molecule has 0 atom stereocenters. The molecule has 3 heteroatoms. The summed E-state index contributed by atoms with van der Waals surface area (Å²) in [4.78, 5) is 11.6. The van der Waals surface area contributed by atoms with Crippen molar-refractivity contribution in [1.29, 1.82) is 0 Å². The zero-order chi connectivity index (χ0) is 10.1. The van der Waals surface area contributed by atoms with Crippen molar-refractivity contribution in [3.63, 3.8) is 0 Å². The Labute approximate surface area is 80.7 Å². The maximum absolute atomic E-state index is 12.8. The van der Waals surface area contributed by atoms with Crippen LogP contribution in [-0.2, 0) is 0 Å². The van der Waals surface area contributed by atoms with Crippen LogP contribution in [0.5, 0.6) is 0 Å². The second kappa shape index (κ2) is 3.48. The van der Waals surface area contributed by atoms with Crippen molar-refractivity contribution in [2.24, 2.45) is 5.92 Å². The van der Waals surface area contributed by atoms with Gasteiger partial charge in [-0.2, -0.15) is 0 Å². The Morgan fingerprint density at radius 1 is 1.21 bits per heavy atom. The summed E-state index contributed by atoms with van der Waals surface area (Å²) in [7, 11) is 0. The van der Waals surface area contributed by atoms with Gasteiger partial charge in [0.2, 0.25) is 0 Å². The predicted molar refractivity (Wildman–Crippen MR) is 48.0 cm³/mol. The molecule has 1 aromatic carbocycles. The minimum absolute atomic E-state index is 0.0276. The van der Waals surface area contributed by atoms with E-state index < -0.39 is 11.6 Å². The van der Waals surface area contributed by atoms with Crippen molar-refractivity contribution in [1.82, 2.24) is 0 Å². The normalized spacial score (nSPS) is 16.4. The van der Waals surface area contributed by atoms with Crippen LogP contribution in [0.3, 0.4) is 0 Å². The smallest absolute Gasteiger partial charge is 0.166 e. The monoisotopic (exact) mass is 196 g/mol. The lowest BCUT2D eigenvalue weighted by molar-refractivity contribution is 0.0854. The number of ketones is 1. The average molecular weight is 196 g/mol. The predicted octanol–water partition coefficient (Wildman–Crippen LogP) is 2.95. The fourth-order valence-corrected chi connectivity index (χ4v) is 1.56. The van der Waals surface area contributed by atoms with E-state index in [1.165, 1.54) is 6.07 Å². The van der Waals surface area contributed by atoms with Gasteiger partial charge in [-0.3, -0.25) is 4.79 Å². The SMILES string of the molecule is O=C(c1ccc(F)c(F)c1)C1CCC1. The minimum atomic E-state index is -0.949. The van der Waals surface area contributed by atoms with Crippen LogP contribution in [0.4, 0.5) is 8.78 Å². The van der Waals surface area contributed by atoms with Crippen LogP contribution in [0.25, 0.3) is 0 Å². The maximum Gasteiger partial charge on any atom is 0.166 e. The third-order valence-electron chi connectivity index (χ3n) is 2.68. The first-order valence-electron chi connectivity index (χ1n) is 4.68. The molecule has 0 N–H and O–H groups in total. The molecule has 0 heterocycles. The summed E-state index contributed by atoms with van der Waals surface area (Å²) in [6.07, 6.45) is 2.80. The number of halogens is 2. The van der Waals surface area contributed by atoms with Crippen LogP contribution in [-0.4, -0.2) is 5.78 Å². The third kappa shape index (κ3) is 1.54. The minimum Gasteiger partial charge on any atom is -0.294 e. The molecule has 14 heavy (non-hydrogen) atoms. The first kappa shape index (κ1) is 9.31. The van der Waals surface area contributed by atoms with Gasteiger partial charge in [0, 0.05) is 11.5 Å². The summed E-state index contributed by atoms with van der Waals surface area (Å²) in [5.41, 5.74) is 0.286. The van der Waals surface area contributed by atoms with E-state index in [9.17, 15) is 13.6 Å². The van der Waals surface area contributed by atoms with Crippen LogP contribution >= 0.6 is 0 Å². The third-order valence-corrected chi connectivity index (χ3v) is 2.68. The zero-order valence-electron chi connectivity index (χ0n) is 7.59. The molecule has 0 amide bonds. The molecule has 1 fully saturated rings. The Kier molecular flexibility index (Phi) is 2.32. The van der Waals surface area contributed by atoms with E-state index in [0.29, 0.717) is 0 Å². The van der Waals surface area contributed by atoms with Crippen molar-refractivity contribution in [3.8, 4) is 0 Å². The van der Waals surface area contributed by atoms with Gasteiger partial charge >= 0.3 is 0 Å². The highest BCUT2D eigenvalue weighted by Crippen LogP contribution is 2.29. The summed E-state index contributed by atoms with van der Waals surface area (Å²) in [5.74, 6) is -1.89. The van der Waals surface area contributed by atoms with Gasteiger partial charge in [0.25, 0.3) is 0 Å². The molecule has 1 aliphatic rings. The van der Waals surface area contributed by atoms with E-state index in [0.717, 1.165) is 31.4 Å². The zero-order valence-corrected chi connectivity index (χ0v) is 7.59. The van der Waals surface area contributed by atoms with E-state index >= 15 is 0 Å². The van der Waals surface area contributed by atoms with Gasteiger partial charge < -0.3 is 0 Å². The molecule has 1 saturated carbocycles. The molecular formula is C11H10F2O. The number of Topliss-reactive ketones (excluding diaryl/α,β-unsaturated/α-hetero) is 1. The Bertz CT molecular complexity index is 370. The lowest BCUT2D eigenvalue weighted by Crippen LogP contribution is -2.22. The Morgan fingerprint density at radius 2 is 1.93 bits per heavy atom. The molecule has 2 rings (SSSR count). The molecule has 1 aromatic rings. The largest absolute Gasteiger partial charge is 0.294 e. The van der Waals surface area contributed by atoms with Crippen molar-refractivity contribution in [3.05, 3.63) is 35.4 Å². The molecule has 0 aromatic heterocycles. The molecule has 0 spiro atoms. The summed E-state index contributed by atoms with van der Waals surface area (Å²) >= 11 is 0. The summed E-state index contributed by atoms with van der Waals surface area (Å²) in [6.45, 7) is 0. The highest BCUT2D eigenvalue weighted by atomic mass is 19.2. The van der Waals surface area contributed by atoms with Crippen molar-refractivity contribution >= 4 is 5.78 Å². The van der Waals surface area contributed by atoms with Crippen LogP contribution in [0.15, 0.2) is 18.2 Å². The lowest BCUT2D eigenvalue weighted by atomic mass is 9.80. The fraction of sp³-hybridized carbons (Fsp3) is 0.364. The molecule has 0 aliphatic heterocycles. The van der Waals surface area contributed by atoms with Gasteiger partial charge in [-0.15, -0.1) is 0 Å². The van der Waals surface area contributed by atoms with Crippen LogP contribution in [0.2, 0.25) is 0 Å². The first-order chi connectivity index (χ1) is 6.68. The molecule has 74 valence electrons. The van der Waals surface area contributed by atoms with Crippen molar-refractivity contribution in [2.45, 2.75) is 19.3 Å². The molecule has 1 nitrogen and oxygen atoms in total. The molecule has 0 unspecified atom stereocenters. The maximum atomic E-state index is 12.8. The Morgan fingerprint density at radius 3 is 2.43 bits per heavy atom. The van der Waals surface area contributed by atoms with Crippen LogP contribution < -0.4 is 0 Å². The van der Waals surface area contributed by atoms with Gasteiger partial charge in [0.15, 0.2) is 17.4 Å². The molecular weight excluding hydrogens is 186 g/mol. The van der Waals surface area contributed by atoms with E-state index in [1.807, 2.05) is 0 Å². The fourth-order valence-electron chi connectivity index (χ4n) is 1.56. The number of hydrogen-bond acceptors (Lipinski definition) is 1. The van der Waals surface area contributed by atoms with Gasteiger partial charge in [-0.05, 0) is 31.0 Å². The second-order valence-corrected chi connectivity index (χ2v) is 3.62. The average Bonchev–Trinajstić information content (AvgIpc) is 2.06. The second-order valence-electron chi connectivity index (χ2n) is 3.62. The lowest BCUT2D eigenvalue weighted by Gasteiger charge is -2.23. The molecule has 1 aliphatic carbocycles. The van der Waals surface area contributed by atoms with Gasteiger partial charge in [0.05, 0.1) is 0 Å². The first-order valence-corrected chi connectivity index (χ1v) is 4.68.